The number of nitrogens with zero attached hydrogens (tertiary/aromatic N) is 2. The Morgan fingerprint density at radius 1 is 1.10 bits per heavy atom. The van der Waals surface area contributed by atoms with E-state index in [1.54, 1.807) is 18.9 Å². The van der Waals surface area contributed by atoms with Gasteiger partial charge in [0.05, 0.1) is 18.9 Å². The topological polar surface area (TPSA) is 34.5 Å². The van der Waals surface area contributed by atoms with Crippen molar-refractivity contribution < 1.29 is 9.53 Å². The van der Waals surface area contributed by atoms with Gasteiger partial charge in [-0.2, -0.15) is 0 Å². The number of hydrogen-bond donors (Lipinski definition) is 0. The summed E-state index contributed by atoms with van der Waals surface area (Å²) in [5.41, 5.74) is 2.21. The molecular weight excluding hydrogens is 404 g/mol. The molecule has 3 aromatic rings. The molecule has 0 aliphatic carbocycles. The third-order valence-corrected chi connectivity index (χ3v) is 5.77. The molecule has 0 fully saturated rings. The molecule has 4 nitrogen and oxygen atoms in total. The van der Waals surface area contributed by atoms with Gasteiger partial charge in [-0.3, -0.25) is 4.79 Å². The molecule has 0 atom stereocenters. The lowest BCUT2D eigenvalue weighted by Crippen LogP contribution is -2.35. The number of benzene rings is 2. The Kier molecular flexibility index (Phi) is 8.23. The van der Waals surface area contributed by atoms with E-state index in [1.165, 1.54) is 0 Å². The summed E-state index contributed by atoms with van der Waals surface area (Å²) in [5.74, 6) is 0.509. The zero-order chi connectivity index (χ0) is 20.5. The molecule has 0 radical (unpaired) electrons. The van der Waals surface area contributed by atoms with Crippen molar-refractivity contribution in [3.8, 4) is 0 Å². The number of halogens is 1. The number of thioether (sulfide) groups is 1. The van der Waals surface area contributed by atoms with Crippen LogP contribution in [0.15, 0.2) is 77.8 Å². The van der Waals surface area contributed by atoms with Crippen LogP contribution in [0.4, 0.5) is 0 Å². The molecule has 0 N–H and O–H groups in total. The van der Waals surface area contributed by atoms with Crippen LogP contribution in [0, 0.1) is 0 Å². The molecule has 0 aliphatic rings. The van der Waals surface area contributed by atoms with E-state index in [4.69, 9.17) is 16.3 Å². The van der Waals surface area contributed by atoms with Gasteiger partial charge in [0.25, 0.3) is 0 Å². The fourth-order valence-electron chi connectivity index (χ4n) is 3.02. The molecule has 1 heterocycles. The van der Waals surface area contributed by atoms with Gasteiger partial charge < -0.3 is 14.2 Å². The van der Waals surface area contributed by atoms with E-state index in [0.29, 0.717) is 32.0 Å². The van der Waals surface area contributed by atoms with Gasteiger partial charge in [0, 0.05) is 42.0 Å². The Hall–Kier alpha value is -2.21. The van der Waals surface area contributed by atoms with Crippen molar-refractivity contribution in [2.45, 2.75) is 18.0 Å². The minimum absolute atomic E-state index is 0.103. The average Bonchev–Trinajstić information content (AvgIpc) is 3.16. The summed E-state index contributed by atoms with van der Waals surface area (Å²) in [6.07, 6.45) is 2.04. The molecule has 1 aromatic heterocycles. The molecule has 3 rings (SSSR count). The van der Waals surface area contributed by atoms with Gasteiger partial charge in [-0.05, 0) is 42.0 Å². The quantitative estimate of drug-likeness (QED) is 0.428. The van der Waals surface area contributed by atoms with Gasteiger partial charge in [0.15, 0.2) is 0 Å². The number of ether oxygens (including phenoxy) is 1. The third kappa shape index (κ3) is 6.67. The normalized spacial score (nSPS) is 10.8. The second kappa shape index (κ2) is 11.1. The molecule has 0 saturated heterocycles. The summed E-state index contributed by atoms with van der Waals surface area (Å²) in [4.78, 5) is 15.8. The number of amides is 1. The average molecular weight is 429 g/mol. The van der Waals surface area contributed by atoms with Crippen LogP contribution < -0.4 is 0 Å². The van der Waals surface area contributed by atoms with Crippen molar-refractivity contribution in [1.82, 2.24) is 9.47 Å². The number of aromatic nitrogens is 1. The number of hydrogen-bond acceptors (Lipinski definition) is 3. The maximum Gasteiger partial charge on any atom is 0.233 e. The van der Waals surface area contributed by atoms with Crippen LogP contribution in [0.2, 0.25) is 5.02 Å². The predicted molar refractivity (Wildman–Crippen MR) is 119 cm³/mol. The van der Waals surface area contributed by atoms with Crippen molar-refractivity contribution in [3.05, 3.63) is 89.2 Å². The monoisotopic (exact) mass is 428 g/mol. The fraction of sp³-hybridized carbons (Fsp3) is 0.261. The second-order valence-corrected chi connectivity index (χ2v) is 8.15. The van der Waals surface area contributed by atoms with Crippen LogP contribution in [-0.4, -0.2) is 41.4 Å². The fourth-order valence-corrected chi connectivity index (χ4v) is 4.06. The summed E-state index contributed by atoms with van der Waals surface area (Å²) >= 11 is 7.67. The first-order valence-electron chi connectivity index (χ1n) is 9.48. The Labute approximate surface area is 181 Å². The minimum atomic E-state index is 0.103. The van der Waals surface area contributed by atoms with Crippen LogP contribution in [0.1, 0.15) is 11.3 Å². The van der Waals surface area contributed by atoms with Crippen molar-refractivity contribution in [2.24, 2.45) is 0 Å². The minimum Gasteiger partial charge on any atom is -0.383 e. The summed E-state index contributed by atoms with van der Waals surface area (Å²) in [6, 6.07) is 21.9. The lowest BCUT2D eigenvalue weighted by molar-refractivity contribution is -0.129. The Morgan fingerprint density at radius 3 is 2.69 bits per heavy atom. The van der Waals surface area contributed by atoms with E-state index in [-0.39, 0.29) is 5.91 Å². The van der Waals surface area contributed by atoms with Crippen LogP contribution in [0.25, 0.3) is 0 Å². The SMILES string of the molecule is COCCN(Cc1cccn1Cc1cccc(Cl)c1)C(=O)CSc1ccccc1. The van der Waals surface area contributed by atoms with E-state index >= 15 is 0 Å². The first-order chi connectivity index (χ1) is 14.2. The van der Waals surface area contributed by atoms with Gasteiger partial charge in [-0.15, -0.1) is 11.8 Å². The Morgan fingerprint density at radius 2 is 1.93 bits per heavy atom. The van der Waals surface area contributed by atoms with Crippen molar-refractivity contribution >= 4 is 29.3 Å². The standard InChI is InChI=1S/C23H25ClN2O2S/c1-28-14-13-26(23(27)18-29-22-10-3-2-4-11-22)17-21-9-6-12-25(21)16-19-7-5-8-20(24)15-19/h2-12,15H,13-14,16-18H2,1H3. The molecule has 29 heavy (non-hydrogen) atoms. The van der Waals surface area contributed by atoms with Crippen LogP contribution in [0.3, 0.4) is 0 Å². The van der Waals surface area contributed by atoms with Gasteiger partial charge in [0.2, 0.25) is 5.91 Å². The van der Waals surface area contributed by atoms with E-state index in [0.717, 1.165) is 21.2 Å². The molecular formula is C23H25ClN2O2S. The first-order valence-corrected chi connectivity index (χ1v) is 10.8. The number of methoxy groups -OCH3 is 1. The second-order valence-electron chi connectivity index (χ2n) is 6.67. The lowest BCUT2D eigenvalue weighted by atomic mass is 10.2. The maximum atomic E-state index is 12.9. The van der Waals surface area contributed by atoms with Crippen molar-refractivity contribution in [2.75, 3.05) is 26.0 Å². The van der Waals surface area contributed by atoms with E-state index in [2.05, 4.69) is 16.7 Å². The van der Waals surface area contributed by atoms with Crippen molar-refractivity contribution in [3.63, 3.8) is 0 Å². The molecule has 2 aromatic carbocycles. The highest BCUT2D eigenvalue weighted by atomic mass is 35.5. The smallest absolute Gasteiger partial charge is 0.233 e. The lowest BCUT2D eigenvalue weighted by Gasteiger charge is -2.23. The number of rotatable bonds is 10. The summed E-state index contributed by atoms with van der Waals surface area (Å²) in [7, 11) is 1.66. The number of carbonyl (C=O) groups is 1. The van der Waals surface area contributed by atoms with Gasteiger partial charge >= 0.3 is 0 Å². The highest BCUT2D eigenvalue weighted by Crippen LogP contribution is 2.19. The van der Waals surface area contributed by atoms with Crippen molar-refractivity contribution in [1.29, 1.82) is 0 Å². The zero-order valence-corrected chi connectivity index (χ0v) is 18.0. The first kappa shape index (κ1) is 21.5. The van der Waals surface area contributed by atoms with Gasteiger partial charge in [-0.1, -0.05) is 41.9 Å². The van der Waals surface area contributed by atoms with Gasteiger partial charge in [-0.25, -0.2) is 0 Å². The molecule has 0 unspecified atom stereocenters. The largest absolute Gasteiger partial charge is 0.383 e. The number of carbonyl (C=O) groups excluding carboxylic acids is 1. The zero-order valence-electron chi connectivity index (χ0n) is 16.5. The molecule has 0 bridgehead atoms. The Bertz CT molecular complexity index is 914. The maximum absolute atomic E-state index is 12.9. The Balaban J connectivity index is 1.66. The summed E-state index contributed by atoms with van der Waals surface area (Å²) in [5, 5.41) is 0.728. The summed E-state index contributed by atoms with van der Waals surface area (Å²) < 4.78 is 7.38. The molecule has 0 aliphatic heterocycles. The highest BCUT2D eigenvalue weighted by Gasteiger charge is 2.16. The third-order valence-electron chi connectivity index (χ3n) is 4.54. The van der Waals surface area contributed by atoms with E-state index in [1.807, 2.05) is 65.7 Å². The molecule has 152 valence electrons. The van der Waals surface area contributed by atoms with Crippen LogP contribution >= 0.6 is 23.4 Å². The van der Waals surface area contributed by atoms with Crippen LogP contribution in [0.5, 0.6) is 0 Å². The predicted octanol–water partition coefficient (Wildman–Crippen LogP) is 4.96. The molecule has 1 amide bonds. The molecule has 0 saturated carbocycles. The van der Waals surface area contributed by atoms with Gasteiger partial charge in [0.1, 0.15) is 0 Å². The van der Waals surface area contributed by atoms with E-state index in [9.17, 15) is 4.79 Å². The van der Waals surface area contributed by atoms with E-state index < -0.39 is 0 Å². The summed E-state index contributed by atoms with van der Waals surface area (Å²) in [6.45, 7) is 2.34. The highest BCUT2D eigenvalue weighted by molar-refractivity contribution is 8.00. The molecule has 0 spiro atoms. The molecule has 6 heteroatoms. The van der Waals surface area contributed by atoms with Crippen LogP contribution in [-0.2, 0) is 22.6 Å².